The Labute approximate surface area is 125 Å². The quantitative estimate of drug-likeness (QED) is 0.771. The van der Waals surface area contributed by atoms with Gasteiger partial charge in [-0.25, -0.2) is 0 Å². The number of rotatable bonds is 0. The van der Waals surface area contributed by atoms with E-state index in [0.717, 1.165) is 30.7 Å². The first-order chi connectivity index (χ1) is 10.0. The highest BCUT2D eigenvalue weighted by Crippen LogP contribution is 2.51. The van der Waals surface area contributed by atoms with Crippen LogP contribution in [0.1, 0.15) is 44.8 Å². The van der Waals surface area contributed by atoms with E-state index in [9.17, 15) is 5.11 Å². The normalized spacial score (nSPS) is 36.9. The van der Waals surface area contributed by atoms with Gasteiger partial charge in [0.25, 0.3) is 0 Å². The fraction of sp³-hybridized carbons (Fsp3) is 0.647. The number of ether oxygens (including phenoxy) is 2. The topological polar surface area (TPSA) is 50.7 Å². The molecule has 3 aliphatic rings. The van der Waals surface area contributed by atoms with Gasteiger partial charge in [-0.1, -0.05) is 0 Å². The maximum absolute atomic E-state index is 9.71. The summed E-state index contributed by atoms with van der Waals surface area (Å²) in [5.41, 5.74) is 0.802. The van der Waals surface area contributed by atoms with Gasteiger partial charge in [-0.3, -0.25) is 0 Å². The molecule has 2 fully saturated rings. The van der Waals surface area contributed by atoms with E-state index in [1.165, 1.54) is 6.42 Å². The zero-order chi connectivity index (χ0) is 14.6. The van der Waals surface area contributed by atoms with Crippen LogP contribution in [-0.4, -0.2) is 29.4 Å². The molecule has 4 atom stereocenters. The summed E-state index contributed by atoms with van der Waals surface area (Å²) < 4.78 is 12.7. The third-order valence-electron chi connectivity index (χ3n) is 5.29. The van der Waals surface area contributed by atoms with E-state index in [0.29, 0.717) is 18.1 Å². The molecule has 0 bridgehead atoms. The van der Waals surface area contributed by atoms with Gasteiger partial charge in [0, 0.05) is 23.6 Å². The lowest BCUT2D eigenvalue weighted by molar-refractivity contribution is -0.168. The number of nitrogens with one attached hydrogen (secondary N) is 1. The van der Waals surface area contributed by atoms with Crippen molar-refractivity contribution in [2.45, 2.75) is 57.0 Å². The monoisotopic (exact) mass is 289 g/mol. The maximum atomic E-state index is 9.71. The summed E-state index contributed by atoms with van der Waals surface area (Å²) in [6, 6.07) is 5.84. The molecule has 4 nitrogen and oxygen atoms in total. The molecule has 0 unspecified atom stereocenters. The molecule has 4 rings (SSSR count). The number of hydrogen-bond donors (Lipinski definition) is 2. The first kappa shape index (κ1) is 13.4. The van der Waals surface area contributed by atoms with Gasteiger partial charge >= 0.3 is 0 Å². The van der Waals surface area contributed by atoms with Crippen LogP contribution in [0.15, 0.2) is 18.2 Å². The Hall–Kier alpha value is -1.26. The zero-order valence-electron chi connectivity index (χ0n) is 12.6. The van der Waals surface area contributed by atoms with Crippen molar-refractivity contribution in [1.29, 1.82) is 0 Å². The van der Waals surface area contributed by atoms with E-state index >= 15 is 0 Å². The smallest absolute Gasteiger partial charge is 0.129 e. The summed E-state index contributed by atoms with van der Waals surface area (Å²) in [7, 11) is 0. The highest BCUT2D eigenvalue weighted by atomic mass is 16.5. The molecule has 114 valence electrons. The highest BCUT2D eigenvalue weighted by Gasteiger charge is 2.50. The van der Waals surface area contributed by atoms with Crippen LogP contribution < -0.4 is 10.1 Å². The Balaban J connectivity index is 1.73. The number of piperidine rings is 1. The molecule has 0 saturated carbocycles. The Morgan fingerprint density at radius 2 is 2.19 bits per heavy atom. The minimum absolute atomic E-state index is 0.0745. The van der Waals surface area contributed by atoms with E-state index in [4.69, 9.17) is 9.47 Å². The van der Waals surface area contributed by atoms with Crippen molar-refractivity contribution in [1.82, 2.24) is 5.32 Å². The number of benzene rings is 1. The lowest BCUT2D eigenvalue weighted by Gasteiger charge is -2.52. The predicted octanol–water partition coefficient (Wildman–Crippen LogP) is 2.76. The largest absolute Gasteiger partial charge is 0.508 e. The number of fused-ring (bicyclic) bond motifs is 4. The average Bonchev–Trinajstić information content (AvgIpc) is 2.45. The van der Waals surface area contributed by atoms with Crippen LogP contribution in [0.4, 0.5) is 0 Å². The Bertz CT molecular complexity index is 557. The molecule has 3 heterocycles. The van der Waals surface area contributed by atoms with Gasteiger partial charge < -0.3 is 19.9 Å². The SMILES string of the molecule is CC1(C)Oc2cc(O)ccc2[C@@H]2O[C@@H]3CCCN[C@@H]3C[C@H]21. The van der Waals surface area contributed by atoms with Gasteiger partial charge in [-0.15, -0.1) is 0 Å². The summed E-state index contributed by atoms with van der Waals surface area (Å²) in [6.45, 7) is 5.35. The van der Waals surface area contributed by atoms with Crippen molar-refractivity contribution < 1.29 is 14.6 Å². The van der Waals surface area contributed by atoms with Gasteiger partial charge in [-0.2, -0.15) is 0 Å². The van der Waals surface area contributed by atoms with E-state index < -0.39 is 0 Å². The summed E-state index contributed by atoms with van der Waals surface area (Å²) >= 11 is 0. The second-order valence-electron chi connectivity index (χ2n) is 7.07. The summed E-state index contributed by atoms with van der Waals surface area (Å²) in [4.78, 5) is 0. The minimum atomic E-state index is -0.282. The molecule has 3 aliphatic heterocycles. The molecule has 0 aromatic heterocycles. The lowest BCUT2D eigenvalue weighted by atomic mass is 9.73. The number of hydrogen-bond acceptors (Lipinski definition) is 4. The van der Waals surface area contributed by atoms with E-state index in [1.54, 1.807) is 12.1 Å². The first-order valence-electron chi connectivity index (χ1n) is 7.95. The third-order valence-corrected chi connectivity index (χ3v) is 5.29. The Kier molecular flexibility index (Phi) is 2.95. The molecule has 1 aromatic carbocycles. The van der Waals surface area contributed by atoms with Crippen molar-refractivity contribution in [3.8, 4) is 11.5 Å². The van der Waals surface area contributed by atoms with E-state index in [2.05, 4.69) is 19.2 Å². The Morgan fingerprint density at radius 3 is 3.05 bits per heavy atom. The van der Waals surface area contributed by atoms with Crippen LogP contribution in [-0.2, 0) is 4.74 Å². The summed E-state index contributed by atoms with van der Waals surface area (Å²) in [5.74, 6) is 1.35. The predicted molar refractivity (Wildman–Crippen MR) is 79.6 cm³/mol. The standard InChI is InChI=1S/C17H23NO3/c1-17(2)12-9-13-14(4-3-7-18-13)20-16(12)11-6-5-10(19)8-15(11)21-17/h5-6,8,12-14,16,18-19H,3-4,7,9H2,1-2H3/t12-,13-,14-,16+/m1/s1. The van der Waals surface area contributed by atoms with Gasteiger partial charge in [0.05, 0.1) is 12.2 Å². The highest BCUT2D eigenvalue weighted by molar-refractivity contribution is 5.44. The van der Waals surface area contributed by atoms with Crippen molar-refractivity contribution in [3.05, 3.63) is 23.8 Å². The van der Waals surface area contributed by atoms with Gasteiger partial charge in [-0.05, 0) is 51.8 Å². The number of aromatic hydroxyl groups is 1. The number of phenolic OH excluding ortho intramolecular Hbond substituents is 1. The van der Waals surface area contributed by atoms with Crippen LogP contribution in [0, 0.1) is 5.92 Å². The Morgan fingerprint density at radius 1 is 1.33 bits per heavy atom. The van der Waals surface area contributed by atoms with Crippen molar-refractivity contribution in [3.63, 3.8) is 0 Å². The van der Waals surface area contributed by atoms with Crippen molar-refractivity contribution in [2.24, 2.45) is 5.92 Å². The van der Waals surface area contributed by atoms with Gasteiger partial charge in [0.2, 0.25) is 0 Å². The summed E-state index contributed by atoms with van der Waals surface area (Å²) in [5, 5.41) is 13.3. The minimum Gasteiger partial charge on any atom is -0.508 e. The molecule has 0 amide bonds. The van der Waals surface area contributed by atoms with Crippen LogP contribution in [0.2, 0.25) is 0 Å². The van der Waals surface area contributed by atoms with Crippen molar-refractivity contribution in [2.75, 3.05) is 6.54 Å². The molecular formula is C17H23NO3. The fourth-order valence-electron chi connectivity index (χ4n) is 4.15. The molecule has 0 aliphatic carbocycles. The third kappa shape index (κ3) is 2.12. The van der Waals surface area contributed by atoms with Gasteiger partial charge in [0.1, 0.15) is 17.1 Å². The lowest BCUT2D eigenvalue weighted by Crippen LogP contribution is -2.57. The van der Waals surface area contributed by atoms with Crippen LogP contribution >= 0.6 is 0 Å². The number of phenols is 1. The van der Waals surface area contributed by atoms with Crippen molar-refractivity contribution >= 4 is 0 Å². The fourth-order valence-corrected chi connectivity index (χ4v) is 4.15. The van der Waals surface area contributed by atoms with Gasteiger partial charge in [0.15, 0.2) is 0 Å². The maximum Gasteiger partial charge on any atom is 0.129 e. The molecular weight excluding hydrogens is 266 g/mol. The molecule has 2 saturated heterocycles. The molecule has 21 heavy (non-hydrogen) atoms. The van der Waals surface area contributed by atoms with E-state index in [1.807, 2.05) is 6.07 Å². The second kappa shape index (κ2) is 4.62. The molecule has 0 radical (unpaired) electrons. The molecule has 1 aromatic rings. The average molecular weight is 289 g/mol. The van der Waals surface area contributed by atoms with E-state index in [-0.39, 0.29) is 17.5 Å². The second-order valence-corrected chi connectivity index (χ2v) is 7.07. The molecule has 0 spiro atoms. The van der Waals surface area contributed by atoms with Crippen LogP contribution in [0.25, 0.3) is 0 Å². The van der Waals surface area contributed by atoms with Crippen LogP contribution in [0.5, 0.6) is 11.5 Å². The first-order valence-corrected chi connectivity index (χ1v) is 7.95. The zero-order valence-corrected chi connectivity index (χ0v) is 12.6. The summed E-state index contributed by atoms with van der Waals surface area (Å²) in [6.07, 6.45) is 3.78. The molecule has 2 N–H and O–H groups in total. The van der Waals surface area contributed by atoms with Crippen LogP contribution in [0.3, 0.4) is 0 Å². The molecule has 4 heteroatoms.